The summed E-state index contributed by atoms with van der Waals surface area (Å²) in [5, 5.41) is 2.08. The average Bonchev–Trinajstić information content (AvgIpc) is 2.75. The van der Waals surface area contributed by atoms with Gasteiger partial charge in [-0.2, -0.15) is 0 Å². The molecule has 0 aromatic carbocycles. The van der Waals surface area contributed by atoms with E-state index in [1.54, 1.807) is 11.3 Å². The van der Waals surface area contributed by atoms with Crippen molar-refractivity contribution < 1.29 is 4.79 Å². The smallest absolute Gasteiger partial charge is 0.224 e. The van der Waals surface area contributed by atoms with Crippen LogP contribution in [-0.4, -0.2) is 23.9 Å². The van der Waals surface area contributed by atoms with Crippen LogP contribution in [-0.2, 0) is 11.3 Å². The topological polar surface area (TPSA) is 46.3 Å². The van der Waals surface area contributed by atoms with Crippen LogP contribution in [0.2, 0.25) is 0 Å². The van der Waals surface area contributed by atoms with Crippen molar-refractivity contribution in [2.45, 2.75) is 19.9 Å². The number of carbonyl (C=O) groups excluding carboxylic acids is 1. The minimum atomic E-state index is -0.339. The molecule has 0 bridgehead atoms. The van der Waals surface area contributed by atoms with Crippen molar-refractivity contribution >= 4 is 33.2 Å². The molecule has 1 aromatic rings. The molecule has 2 N–H and O–H groups in total. The van der Waals surface area contributed by atoms with Gasteiger partial charge in [-0.1, -0.05) is 0 Å². The fourth-order valence-electron chi connectivity index (χ4n) is 2.05. The molecule has 16 heavy (non-hydrogen) atoms. The average molecular weight is 303 g/mol. The first kappa shape index (κ1) is 12.1. The fourth-order valence-corrected chi connectivity index (χ4v) is 3.54. The van der Waals surface area contributed by atoms with Crippen LogP contribution in [0.1, 0.15) is 18.2 Å². The number of nitrogens with two attached hydrogens (primary N) is 1. The third-order valence-corrected chi connectivity index (χ3v) is 4.83. The van der Waals surface area contributed by atoms with Crippen molar-refractivity contribution in [1.29, 1.82) is 0 Å². The van der Waals surface area contributed by atoms with Crippen LogP contribution in [0.3, 0.4) is 0 Å². The quantitative estimate of drug-likeness (QED) is 0.930. The molecule has 5 heteroatoms. The van der Waals surface area contributed by atoms with Gasteiger partial charge in [0.2, 0.25) is 5.91 Å². The number of hydrogen-bond donors (Lipinski definition) is 1. The lowest BCUT2D eigenvalue weighted by Crippen LogP contribution is -2.36. The Morgan fingerprint density at radius 1 is 1.75 bits per heavy atom. The van der Waals surface area contributed by atoms with E-state index < -0.39 is 0 Å². The van der Waals surface area contributed by atoms with E-state index in [0.717, 1.165) is 30.5 Å². The van der Waals surface area contributed by atoms with Crippen molar-refractivity contribution in [3.63, 3.8) is 0 Å². The zero-order chi connectivity index (χ0) is 11.8. The molecular weight excluding hydrogens is 288 g/mol. The summed E-state index contributed by atoms with van der Waals surface area (Å²) in [5.41, 5.74) is 5.08. The van der Waals surface area contributed by atoms with E-state index in [1.165, 1.54) is 4.88 Å². The Bertz CT molecular complexity index is 406. The van der Waals surface area contributed by atoms with E-state index in [-0.39, 0.29) is 11.3 Å². The summed E-state index contributed by atoms with van der Waals surface area (Å²) >= 11 is 5.19. The summed E-state index contributed by atoms with van der Waals surface area (Å²) in [6.07, 6.45) is 0.870. The Morgan fingerprint density at radius 2 is 2.50 bits per heavy atom. The van der Waals surface area contributed by atoms with E-state index in [9.17, 15) is 4.79 Å². The first-order valence-corrected chi connectivity index (χ1v) is 6.92. The normalized spacial score (nSPS) is 26.1. The maximum Gasteiger partial charge on any atom is 0.224 e. The number of rotatable bonds is 3. The standard InChI is InChI=1S/C11H15BrN2OS/c1-11(10(13)15)2-3-14(7-11)5-9-4-8(12)6-16-9/h4,6H,2-3,5,7H2,1H3,(H2,13,15). The fraction of sp³-hybridized carbons (Fsp3) is 0.545. The molecule has 1 amide bonds. The zero-order valence-electron chi connectivity index (χ0n) is 9.20. The third-order valence-electron chi connectivity index (χ3n) is 3.15. The summed E-state index contributed by atoms with van der Waals surface area (Å²) in [7, 11) is 0. The van der Waals surface area contributed by atoms with Crippen molar-refractivity contribution in [3.05, 3.63) is 20.8 Å². The van der Waals surface area contributed by atoms with E-state index in [2.05, 4.69) is 32.3 Å². The number of likely N-dealkylation sites (tertiary alicyclic amines) is 1. The molecule has 88 valence electrons. The van der Waals surface area contributed by atoms with E-state index in [1.807, 2.05) is 6.92 Å². The number of hydrogen-bond acceptors (Lipinski definition) is 3. The highest BCUT2D eigenvalue weighted by Crippen LogP contribution is 2.31. The van der Waals surface area contributed by atoms with Gasteiger partial charge in [0.1, 0.15) is 0 Å². The molecule has 2 heterocycles. The maximum atomic E-state index is 11.3. The van der Waals surface area contributed by atoms with Crippen LogP contribution in [0.5, 0.6) is 0 Å². The van der Waals surface area contributed by atoms with Gasteiger partial charge in [0.15, 0.2) is 0 Å². The molecule has 3 nitrogen and oxygen atoms in total. The van der Waals surface area contributed by atoms with Gasteiger partial charge in [-0.05, 0) is 41.9 Å². The van der Waals surface area contributed by atoms with E-state index in [4.69, 9.17) is 5.73 Å². The maximum absolute atomic E-state index is 11.3. The second-order valence-corrected chi connectivity index (χ2v) is 6.53. The minimum Gasteiger partial charge on any atom is -0.369 e. The first-order chi connectivity index (χ1) is 7.49. The molecule has 0 saturated carbocycles. The molecule has 1 aliphatic heterocycles. The summed E-state index contributed by atoms with van der Waals surface area (Å²) in [6, 6.07) is 2.13. The van der Waals surface area contributed by atoms with Crippen LogP contribution >= 0.6 is 27.3 Å². The first-order valence-electron chi connectivity index (χ1n) is 5.25. The predicted octanol–water partition coefficient (Wildman–Crippen LogP) is 2.21. The monoisotopic (exact) mass is 302 g/mol. The predicted molar refractivity (Wildman–Crippen MR) is 69.2 cm³/mol. The molecule has 0 radical (unpaired) electrons. The Balaban J connectivity index is 1.97. The van der Waals surface area contributed by atoms with Gasteiger partial charge in [0.25, 0.3) is 0 Å². The van der Waals surface area contributed by atoms with Gasteiger partial charge >= 0.3 is 0 Å². The van der Waals surface area contributed by atoms with Gasteiger partial charge in [-0.3, -0.25) is 9.69 Å². The highest BCUT2D eigenvalue weighted by molar-refractivity contribution is 9.10. The zero-order valence-corrected chi connectivity index (χ0v) is 11.6. The van der Waals surface area contributed by atoms with Crippen molar-refractivity contribution in [3.8, 4) is 0 Å². The highest BCUT2D eigenvalue weighted by Gasteiger charge is 2.38. The molecule has 0 aliphatic carbocycles. The number of carbonyl (C=O) groups is 1. The van der Waals surface area contributed by atoms with E-state index in [0.29, 0.717) is 0 Å². The van der Waals surface area contributed by atoms with Gasteiger partial charge in [-0.25, -0.2) is 0 Å². The number of thiophene rings is 1. The van der Waals surface area contributed by atoms with Crippen molar-refractivity contribution in [2.24, 2.45) is 11.1 Å². The Hall–Kier alpha value is -0.390. The molecule has 1 aliphatic rings. The lowest BCUT2D eigenvalue weighted by molar-refractivity contribution is -0.126. The van der Waals surface area contributed by atoms with Crippen molar-refractivity contribution in [2.75, 3.05) is 13.1 Å². The van der Waals surface area contributed by atoms with Gasteiger partial charge < -0.3 is 5.73 Å². The number of amides is 1. The summed E-state index contributed by atoms with van der Waals surface area (Å²) in [4.78, 5) is 14.9. The van der Waals surface area contributed by atoms with Crippen LogP contribution in [0, 0.1) is 5.41 Å². The SMILES string of the molecule is CC1(C(N)=O)CCN(Cc2cc(Br)cs2)C1. The highest BCUT2D eigenvalue weighted by atomic mass is 79.9. The van der Waals surface area contributed by atoms with Crippen molar-refractivity contribution in [1.82, 2.24) is 4.90 Å². The summed E-state index contributed by atoms with van der Waals surface area (Å²) < 4.78 is 1.13. The van der Waals surface area contributed by atoms with Crippen LogP contribution in [0.4, 0.5) is 0 Å². The minimum absolute atomic E-state index is 0.178. The molecule has 2 rings (SSSR count). The van der Waals surface area contributed by atoms with Gasteiger partial charge in [-0.15, -0.1) is 11.3 Å². The van der Waals surface area contributed by atoms with Crippen LogP contribution in [0.15, 0.2) is 15.9 Å². The van der Waals surface area contributed by atoms with E-state index >= 15 is 0 Å². The Kier molecular flexibility index (Phi) is 3.37. The number of primary amides is 1. The lowest BCUT2D eigenvalue weighted by atomic mass is 9.89. The number of halogens is 1. The Morgan fingerprint density at radius 3 is 3.00 bits per heavy atom. The molecule has 0 spiro atoms. The lowest BCUT2D eigenvalue weighted by Gasteiger charge is -2.20. The molecular formula is C11H15BrN2OS. The second-order valence-electron chi connectivity index (χ2n) is 4.62. The number of nitrogens with zero attached hydrogens (tertiary/aromatic N) is 1. The summed E-state index contributed by atoms with van der Waals surface area (Å²) in [6.45, 7) is 4.60. The molecule has 1 atom stereocenters. The molecule has 1 fully saturated rings. The third kappa shape index (κ3) is 2.47. The Labute approximate surface area is 108 Å². The van der Waals surface area contributed by atoms with Crippen LogP contribution in [0.25, 0.3) is 0 Å². The molecule has 1 saturated heterocycles. The van der Waals surface area contributed by atoms with Crippen LogP contribution < -0.4 is 5.73 Å². The molecule has 1 aromatic heterocycles. The van der Waals surface area contributed by atoms with Gasteiger partial charge in [0.05, 0.1) is 5.41 Å². The summed E-state index contributed by atoms with van der Waals surface area (Å²) in [5.74, 6) is -0.178. The molecule has 1 unspecified atom stereocenters. The second kappa shape index (κ2) is 4.47. The largest absolute Gasteiger partial charge is 0.369 e. The van der Waals surface area contributed by atoms with Gasteiger partial charge in [0, 0.05) is 27.8 Å².